The molecule has 3 heterocycles. The maximum atomic E-state index is 5.46. The van der Waals surface area contributed by atoms with E-state index in [1.165, 1.54) is 25.1 Å². The second-order valence-electron chi connectivity index (χ2n) is 6.42. The van der Waals surface area contributed by atoms with Crippen LogP contribution in [0.1, 0.15) is 12.8 Å². The Balaban J connectivity index is 1.38. The number of piperazine rings is 1. The lowest BCUT2D eigenvalue weighted by molar-refractivity contribution is 0.0517. The fourth-order valence-electron chi connectivity index (χ4n) is 3.67. The van der Waals surface area contributed by atoms with Crippen LogP contribution in [0.5, 0.6) is 0 Å². The molecule has 2 fully saturated rings. The number of aromatic amines is 1. The van der Waals surface area contributed by atoms with Gasteiger partial charge in [0, 0.05) is 45.9 Å². The van der Waals surface area contributed by atoms with Crippen molar-refractivity contribution in [2.24, 2.45) is 5.92 Å². The number of H-pyrrole nitrogens is 1. The predicted molar refractivity (Wildman–Crippen MR) is 88.3 cm³/mol. The molecule has 0 spiro atoms. The highest BCUT2D eigenvalue weighted by atomic mass is 16.5. The minimum Gasteiger partial charge on any atom is -0.381 e. The van der Waals surface area contributed by atoms with Crippen molar-refractivity contribution in [2.45, 2.75) is 12.8 Å². The lowest BCUT2D eigenvalue weighted by Crippen LogP contribution is -2.48. The highest BCUT2D eigenvalue weighted by molar-refractivity contribution is 5.88. The van der Waals surface area contributed by atoms with Gasteiger partial charge in [-0.2, -0.15) is 0 Å². The summed E-state index contributed by atoms with van der Waals surface area (Å²) in [5.74, 6) is 0.829. The molecule has 0 radical (unpaired) electrons. The van der Waals surface area contributed by atoms with E-state index < -0.39 is 0 Å². The molecule has 0 aliphatic carbocycles. The lowest BCUT2D eigenvalue weighted by Gasteiger charge is -2.38. The number of ether oxygens (including phenoxy) is 1. The van der Waals surface area contributed by atoms with Gasteiger partial charge in [0.25, 0.3) is 0 Å². The highest BCUT2D eigenvalue weighted by Crippen LogP contribution is 2.25. The molecule has 118 valence electrons. The van der Waals surface area contributed by atoms with Crippen molar-refractivity contribution < 1.29 is 4.74 Å². The van der Waals surface area contributed by atoms with Crippen molar-refractivity contribution in [1.29, 1.82) is 0 Å². The molecule has 2 aliphatic heterocycles. The summed E-state index contributed by atoms with van der Waals surface area (Å²) in [5, 5.41) is 0. The lowest BCUT2D eigenvalue weighted by atomic mass is 9.99. The number of imidazole rings is 1. The summed E-state index contributed by atoms with van der Waals surface area (Å²) in [5.41, 5.74) is 3.49. The largest absolute Gasteiger partial charge is 0.381 e. The number of hydrogen-bond donors (Lipinski definition) is 1. The van der Waals surface area contributed by atoms with Crippen molar-refractivity contribution in [2.75, 3.05) is 50.8 Å². The van der Waals surface area contributed by atoms with Crippen LogP contribution >= 0.6 is 0 Å². The quantitative estimate of drug-likeness (QED) is 0.943. The van der Waals surface area contributed by atoms with Crippen LogP contribution in [0.15, 0.2) is 24.5 Å². The molecule has 5 heteroatoms. The third-order valence-electron chi connectivity index (χ3n) is 5.00. The Labute approximate surface area is 131 Å². The number of para-hydroxylation sites is 1. The standard InChI is InChI=1S/C17H24N4O/c1-2-15-17(19-13-18-15)16(3-1)21-8-6-20(7-9-21)12-14-4-10-22-11-5-14/h1-3,13-14H,4-12H2,(H,18,19). The molecule has 0 amide bonds. The average molecular weight is 300 g/mol. The molecule has 22 heavy (non-hydrogen) atoms. The second-order valence-corrected chi connectivity index (χ2v) is 6.42. The first-order chi connectivity index (χ1) is 10.9. The molecule has 1 aromatic carbocycles. The van der Waals surface area contributed by atoms with Crippen LogP contribution in [0.3, 0.4) is 0 Å². The minimum absolute atomic E-state index is 0.829. The van der Waals surface area contributed by atoms with Crippen molar-refractivity contribution >= 4 is 16.7 Å². The summed E-state index contributed by atoms with van der Waals surface area (Å²) in [4.78, 5) is 12.8. The van der Waals surface area contributed by atoms with Gasteiger partial charge >= 0.3 is 0 Å². The van der Waals surface area contributed by atoms with Gasteiger partial charge in [0.1, 0.15) is 5.52 Å². The third kappa shape index (κ3) is 2.83. The maximum absolute atomic E-state index is 5.46. The van der Waals surface area contributed by atoms with Crippen LogP contribution < -0.4 is 4.90 Å². The molecule has 5 nitrogen and oxygen atoms in total. The Morgan fingerprint density at radius 3 is 2.77 bits per heavy atom. The zero-order valence-corrected chi connectivity index (χ0v) is 13.0. The number of rotatable bonds is 3. The van der Waals surface area contributed by atoms with E-state index in [-0.39, 0.29) is 0 Å². The van der Waals surface area contributed by atoms with Gasteiger partial charge in [0.2, 0.25) is 0 Å². The molecule has 0 saturated carbocycles. The van der Waals surface area contributed by atoms with Gasteiger partial charge in [-0.15, -0.1) is 0 Å². The molecule has 2 aliphatic rings. The van der Waals surface area contributed by atoms with E-state index in [4.69, 9.17) is 4.74 Å². The van der Waals surface area contributed by atoms with E-state index in [0.717, 1.165) is 56.3 Å². The van der Waals surface area contributed by atoms with Crippen LogP contribution in [-0.4, -0.2) is 60.8 Å². The smallest absolute Gasteiger partial charge is 0.112 e. The Kier molecular flexibility index (Phi) is 3.99. The van der Waals surface area contributed by atoms with E-state index in [0.29, 0.717) is 0 Å². The van der Waals surface area contributed by atoms with Gasteiger partial charge in [-0.25, -0.2) is 4.98 Å². The number of nitrogens with zero attached hydrogens (tertiary/aromatic N) is 3. The summed E-state index contributed by atoms with van der Waals surface area (Å²) in [7, 11) is 0. The highest BCUT2D eigenvalue weighted by Gasteiger charge is 2.22. The van der Waals surface area contributed by atoms with Gasteiger partial charge in [0.05, 0.1) is 17.5 Å². The van der Waals surface area contributed by atoms with Gasteiger partial charge in [0.15, 0.2) is 0 Å². The summed E-state index contributed by atoms with van der Waals surface area (Å²) >= 11 is 0. The number of hydrogen-bond acceptors (Lipinski definition) is 4. The van der Waals surface area contributed by atoms with Crippen LogP contribution in [0.25, 0.3) is 11.0 Å². The number of aromatic nitrogens is 2. The normalized spacial score (nSPS) is 21.5. The van der Waals surface area contributed by atoms with E-state index in [2.05, 4.69) is 38.0 Å². The van der Waals surface area contributed by atoms with E-state index >= 15 is 0 Å². The van der Waals surface area contributed by atoms with Crippen LogP contribution in [-0.2, 0) is 4.74 Å². The number of benzene rings is 1. The fraction of sp³-hybridized carbons (Fsp3) is 0.588. The molecular weight excluding hydrogens is 276 g/mol. The van der Waals surface area contributed by atoms with Gasteiger partial charge < -0.3 is 14.6 Å². The third-order valence-corrected chi connectivity index (χ3v) is 5.00. The Hall–Kier alpha value is -1.59. The molecule has 0 bridgehead atoms. The average Bonchev–Trinajstić information content (AvgIpc) is 3.05. The maximum Gasteiger partial charge on any atom is 0.112 e. The van der Waals surface area contributed by atoms with Gasteiger partial charge in [-0.3, -0.25) is 4.90 Å². The van der Waals surface area contributed by atoms with Crippen LogP contribution in [0.2, 0.25) is 0 Å². The molecule has 2 saturated heterocycles. The Morgan fingerprint density at radius 2 is 1.95 bits per heavy atom. The number of anilines is 1. The predicted octanol–water partition coefficient (Wildman–Crippen LogP) is 2.11. The zero-order valence-electron chi connectivity index (χ0n) is 13.0. The summed E-state index contributed by atoms with van der Waals surface area (Å²) in [6, 6.07) is 6.40. The summed E-state index contributed by atoms with van der Waals surface area (Å²) in [6.07, 6.45) is 4.25. The van der Waals surface area contributed by atoms with Crippen molar-refractivity contribution in [3.63, 3.8) is 0 Å². The fourth-order valence-corrected chi connectivity index (χ4v) is 3.67. The van der Waals surface area contributed by atoms with Crippen LogP contribution in [0, 0.1) is 5.92 Å². The van der Waals surface area contributed by atoms with Crippen LogP contribution in [0.4, 0.5) is 5.69 Å². The van der Waals surface area contributed by atoms with Crippen molar-refractivity contribution in [3.05, 3.63) is 24.5 Å². The molecule has 0 atom stereocenters. The topological polar surface area (TPSA) is 44.4 Å². The zero-order chi connectivity index (χ0) is 14.8. The van der Waals surface area contributed by atoms with Gasteiger partial charge in [-0.1, -0.05) is 6.07 Å². The first kappa shape index (κ1) is 14.0. The molecule has 2 aromatic rings. The summed E-state index contributed by atoms with van der Waals surface area (Å²) < 4.78 is 5.46. The number of fused-ring (bicyclic) bond motifs is 1. The number of nitrogens with one attached hydrogen (secondary N) is 1. The minimum atomic E-state index is 0.829. The monoisotopic (exact) mass is 300 g/mol. The molecule has 1 N–H and O–H groups in total. The Bertz CT molecular complexity index is 612. The molecule has 0 unspecified atom stereocenters. The van der Waals surface area contributed by atoms with E-state index in [1.54, 1.807) is 6.33 Å². The SMILES string of the molecule is c1cc(N2CCN(CC3CCOCC3)CC2)c2nc[nH]c2c1. The second kappa shape index (κ2) is 6.26. The van der Waals surface area contributed by atoms with E-state index in [9.17, 15) is 0 Å². The first-order valence-corrected chi connectivity index (χ1v) is 8.37. The van der Waals surface area contributed by atoms with Crippen molar-refractivity contribution in [1.82, 2.24) is 14.9 Å². The molecular formula is C17H24N4O. The summed E-state index contributed by atoms with van der Waals surface area (Å²) in [6.45, 7) is 7.63. The molecule has 4 rings (SSSR count). The van der Waals surface area contributed by atoms with E-state index in [1.807, 2.05) is 0 Å². The van der Waals surface area contributed by atoms with Crippen molar-refractivity contribution in [3.8, 4) is 0 Å². The van der Waals surface area contributed by atoms with Gasteiger partial charge in [-0.05, 0) is 30.9 Å². The first-order valence-electron chi connectivity index (χ1n) is 8.37. The molecule has 1 aromatic heterocycles. The Morgan fingerprint density at radius 1 is 1.14 bits per heavy atom.